The molecule has 6 N–H and O–H groups in total. The van der Waals surface area contributed by atoms with Gasteiger partial charge < -0.3 is 17.2 Å². The van der Waals surface area contributed by atoms with Crippen molar-refractivity contribution in [1.82, 2.24) is 9.97 Å². The summed E-state index contributed by atoms with van der Waals surface area (Å²) in [5.74, 6) is 0.722. The number of benzene rings is 1. The Balaban J connectivity index is 2.28. The van der Waals surface area contributed by atoms with E-state index in [9.17, 15) is 0 Å². The van der Waals surface area contributed by atoms with Gasteiger partial charge in [-0.2, -0.15) is 0 Å². The van der Waals surface area contributed by atoms with E-state index < -0.39 is 0 Å². The number of rotatable bonds is 2. The summed E-state index contributed by atoms with van der Waals surface area (Å²) in [5.41, 5.74) is 18.8. The van der Waals surface area contributed by atoms with Crippen LogP contribution in [0.5, 0.6) is 0 Å². The molecule has 2 aromatic rings. The van der Waals surface area contributed by atoms with Crippen LogP contribution in [0, 0.1) is 6.92 Å². The van der Waals surface area contributed by atoms with Gasteiger partial charge in [-0.25, -0.2) is 9.97 Å². The number of aryl methyl sites for hydroxylation is 1. The van der Waals surface area contributed by atoms with Gasteiger partial charge in [0.05, 0.1) is 0 Å². The number of nitrogens with zero attached hydrogens (tertiary/aromatic N) is 2. The van der Waals surface area contributed by atoms with E-state index in [4.69, 9.17) is 17.2 Å². The normalized spacial score (nSPS) is 10.4. The second-order valence-electron chi connectivity index (χ2n) is 3.62. The highest BCUT2D eigenvalue weighted by Gasteiger charge is 2.04. The van der Waals surface area contributed by atoms with Crippen LogP contribution >= 0.6 is 11.8 Å². The van der Waals surface area contributed by atoms with Gasteiger partial charge in [-0.3, -0.25) is 0 Å². The summed E-state index contributed by atoms with van der Waals surface area (Å²) < 4.78 is 0. The van der Waals surface area contributed by atoms with Crippen LogP contribution in [0.2, 0.25) is 0 Å². The Labute approximate surface area is 103 Å². The molecule has 0 fully saturated rings. The number of nitrogen functional groups attached to an aromatic ring is 3. The van der Waals surface area contributed by atoms with Crippen LogP contribution < -0.4 is 17.2 Å². The summed E-state index contributed by atoms with van der Waals surface area (Å²) in [6.45, 7) is 1.96. The first-order valence-corrected chi connectivity index (χ1v) is 5.80. The molecule has 0 spiro atoms. The van der Waals surface area contributed by atoms with Crippen molar-refractivity contribution in [2.75, 3.05) is 17.2 Å². The van der Waals surface area contributed by atoms with Gasteiger partial charge in [-0.05, 0) is 36.4 Å². The Morgan fingerprint density at radius 2 is 1.65 bits per heavy atom. The molecule has 0 atom stereocenters. The molecule has 0 aliphatic carbocycles. The molecular formula is C11H13N5S. The average molecular weight is 247 g/mol. The Bertz CT molecular complexity index is 535. The van der Waals surface area contributed by atoms with Crippen molar-refractivity contribution >= 4 is 29.1 Å². The first-order valence-electron chi connectivity index (χ1n) is 4.98. The van der Waals surface area contributed by atoms with E-state index in [0.29, 0.717) is 16.8 Å². The Morgan fingerprint density at radius 1 is 1.00 bits per heavy atom. The minimum Gasteiger partial charge on any atom is -0.398 e. The van der Waals surface area contributed by atoms with Crippen molar-refractivity contribution in [2.24, 2.45) is 0 Å². The van der Waals surface area contributed by atoms with E-state index >= 15 is 0 Å². The van der Waals surface area contributed by atoms with Gasteiger partial charge in [-0.1, -0.05) is 6.07 Å². The lowest BCUT2D eigenvalue weighted by Gasteiger charge is -2.05. The Kier molecular flexibility index (Phi) is 3.06. The molecule has 17 heavy (non-hydrogen) atoms. The molecule has 6 heteroatoms. The van der Waals surface area contributed by atoms with Crippen molar-refractivity contribution in [3.63, 3.8) is 0 Å². The molecule has 1 aromatic heterocycles. The number of aromatic nitrogens is 2. The summed E-state index contributed by atoms with van der Waals surface area (Å²) in [6.07, 6.45) is 0. The summed E-state index contributed by atoms with van der Waals surface area (Å²) in [5, 5.41) is 0.519. The molecule has 0 aliphatic heterocycles. The van der Waals surface area contributed by atoms with Crippen LogP contribution in [0.3, 0.4) is 0 Å². The maximum atomic E-state index is 5.83. The highest BCUT2D eigenvalue weighted by Crippen LogP contribution is 2.28. The van der Waals surface area contributed by atoms with Crippen LogP contribution in [-0.4, -0.2) is 9.97 Å². The first-order chi connectivity index (χ1) is 8.04. The highest BCUT2D eigenvalue weighted by molar-refractivity contribution is 7.99. The standard InChI is InChI=1S/C11H13N5S/c1-6-2-3-7(4-8(6)12)17-11-15-9(13)5-10(14)16-11/h2-5H,12H2,1H3,(H4,13,14,15,16). The van der Waals surface area contributed by atoms with Gasteiger partial charge in [0.25, 0.3) is 0 Å². The molecule has 1 heterocycles. The van der Waals surface area contributed by atoms with Gasteiger partial charge in [0.15, 0.2) is 5.16 Å². The second kappa shape index (κ2) is 4.50. The van der Waals surface area contributed by atoms with Gasteiger partial charge in [0.1, 0.15) is 11.6 Å². The molecular weight excluding hydrogens is 234 g/mol. The lowest BCUT2D eigenvalue weighted by molar-refractivity contribution is 0.984. The molecule has 88 valence electrons. The molecule has 0 amide bonds. The van der Waals surface area contributed by atoms with Crippen molar-refractivity contribution in [3.8, 4) is 0 Å². The van der Waals surface area contributed by atoms with Crippen molar-refractivity contribution < 1.29 is 0 Å². The molecule has 0 radical (unpaired) electrons. The van der Waals surface area contributed by atoms with Gasteiger partial charge in [0, 0.05) is 16.6 Å². The van der Waals surface area contributed by atoms with E-state index in [1.54, 1.807) is 0 Å². The van der Waals surface area contributed by atoms with E-state index in [1.165, 1.54) is 17.8 Å². The summed E-state index contributed by atoms with van der Waals surface area (Å²) in [7, 11) is 0. The van der Waals surface area contributed by atoms with Gasteiger partial charge in [0.2, 0.25) is 0 Å². The zero-order valence-electron chi connectivity index (χ0n) is 9.34. The molecule has 5 nitrogen and oxygen atoms in total. The third-order valence-corrected chi connectivity index (χ3v) is 3.06. The Morgan fingerprint density at radius 3 is 2.24 bits per heavy atom. The smallest absolute Gasteiger partial charge is 0.196 e. The van der Waals surface area contributed by atoms with E-state index in [1.807, 2.05) is 25.1 Å². The predicted molar refractivity (Wildman–Crippen MR) is 70.6 cm³/mol. The quantitative estimate of drug-likeness (QED) is 0.551. The SMILES string of the molecule is Cc1ccc(Sc2nc(N)cc(N)n2)cc1N. The molecule has 0 saturated heterocycles. The van der Waals surface area contributed by atoms with Crippen molar-refractivity contribution in [1.29, 1.82) is 0 Å². The monoisotopic (exact) mass is 247 g/mol. The van der Waals surface area contributed by atoms with E-state index in [2.05, 4.69) is 9.97 Å². The summed E-state index contributed by atoms with van der Waals surface area (Å²) in [6, 6.07) is 7.31. The van der Waals surface area contributed by atoms with E-state index in [0.717, 1.165) is 16.1 Å². The number of hydrogen-bond donors (Lipinski definition) is 3. The number of hydrogen-bond acceptors (Lipinski definition) is 6. The zero-order valence-corrected chi connectivity index (χ0v) is 10.2. The number of anilines is 3. The summed E-state index contributed by atoms with van der Waals surface area (Å²) in [4.78, 5) is 9.14. The highest BCUT2D eigenvalue weighted by atomic mass is 32.2. The minimum absolute atomic E-state index is 0.361. The molecule has 0 saturated carbocycles. The molecule has 0 bridgehead atoms. The lowest BCUT2D eigenvalue weighted by atomic mass is 10.2. The average Bonchev–Trinajstić information content (AvgIpc) is 2.22. The van der Waals surface area contributed by atoms with Crippen molar-refractivity contribution in [3.05, 3.63) is 29.8 Å². The Hall–Kier alpha value is -1.95. The van der Waals surface area contributed by atoms with Crippen molar-refractivity contribution in [2.45, 2.75) is 17.0 Å². The maximum absolute atomic E-state index is 5.83. The zero-order chi connectivity index (χ0) is 12.4. The van der Waals surface area contributed by atoms with Crippen LogP contribution in [0.15, 0.2) is 34.3 Å². The van der Waals surface area contributed by atoms with E-state index in [-0.39, 0.29) is 0 Å². The fourth-order valence-corrected chi connectivity index (χ4v) is 2.13. The lowest BCUT2D eigenvalue weighted by Crippen LogP contribution is -1.99. The third-order valence-electron chi connectivity index (χ3n) is 2.21. The van der Waals surface area contributed by atoms with Gasteiger partial charge in [-0.15, -0.1) is 0 Å². The predicted octanol–water partition coefficient (Wildman–Crippen LogP) is 1.68. The molecule has 2 rings (SSSR count). The molecule has 0 unspecified atom stereocenters. The molecule has 0 aliphatic rings. The van der Waals surface area contributed by atoms with Crippen LogP contribution in [0.4, 0.5) is 17.3 Å². The number of nitrogens with two attached hydrogens (primary N) is 3. The fraction of sp³-hybridized carbons (Fsp3) is 0.0909. The largest absolute Gasteiger partial charge is 0.398 e. The third kappa shape index (κ3) is 2.79. The van der Waals surface area contributed by atoms with Gasteiger partial charge >= 0.3 is 0 Å². The van der Waals surface area contributed by atoms with Crippen LogP contribution in [-0.2, 0) is 0 Å². The topological polar surface area (TPSA) is 104 Å². The first kappa shape index (κ1) is 11.5. The maximum Gasteiger partial charge on any atom is 0.196 e. The minimum atomic E-state index is 0.361. The summed E-state index contributed by atoms with van der Waals surface area (Å²) >= 11 is 1.38. The molecule has 1 aromatic carbocycles. The fourth-order valence-electron chi connectivity index (χ4n) is 1.30. The van der Waals surface area contributed by atoms with Crippen LogP contribution in [0.25, 0.3) is 0 Å². The second-order valence-corrected chi connectivity index (χ2v) is 4.66. The van der Waals surface area contributed by atoms with Crippen LogP contribution in [0.1, 0.15) is 5.56 Å².